The van der Waals surface area contributed by atoms with E-state index in [0.717, 1.165) is 0 Å². The molecule has 1 aromatic rings. The number of ether oxygens (including phenoxy) is 2. The third-order valence-electron chi connectivity index (χ3n) is 5.22. The van der Waals surface area contributed by atoms with Gasteiger partial charge in [-0.2, -0.15) is 10.5 Å². The number of amidine groups is 1. The molecule has 8 heteroatoms. The normalized spacial score (nSPS) is 30.1. The number of hydrogen-bond acceptors (Lipinski definition) is 6. The minimum atomic E-state index is -1.77. The molecule has 1 aliphatic carbocycles. The first-order valence-electron chi connectivity index (χ1n) is 8.82. The summed E-state index contributed by atoms with van der Waals surface area (Å²) in [6, 6.07) is 8.47. The highest BCUT2D eigenvalue weighted by Crippen LogP contribution is 2.82. The largest absolute Gasteiger partial charge is 0.386 e. The van der Waals surface area contributed by atoms with E-state index in [2.05, 4.69) is 17.1 Å². The highest BCUT2D eigenvalue weighted by molar-refractivity contribution is 6.31. The van der Waals surface area contributed by atoms with Crippen LogP contribution in [0, 0.1) is 39.3 Å². The standard InChI is InChI=1S/C19H20ClFN4O2/c1-3-8-26-19(27-9-4-2)18(11-23)15(17(18,10-22)16(24)25-19)14-12(20)6-5-7-13(14)21/h5-7,15H,3-4,8-9H2,1-2H3,(H2,24,25). The molecular formula is C19H20ClFN4O2. The van der Waals surface area contributed by atoms with Crippen molar-refractivity contribution in [3.05, 3.63) is 34.6 Å². The highest BCUT2D eigenvalue weighted by Gasteiger charge is 2.94. The van der Waals surface area contributed by atoms with E-state index < -0.39 is 28.5 Å². The van der Waals surface area contributed by atoms with Gasteiger partial charge in [-0.1, -0.05) is 31.5 Å². The minimum Gasteiger partial charge on any atom is -0.386 e. The number of rotatable bonds is 7. The van der Waals surface area contributed by atoms with Crippen molar-refractivity contribution in [2.45, 2.75) is 38.5 Å². The Morgan fingerprint density at radius 2 is 1.85 bits per heavy atom. The van der Waals surface area contributed by atoms with Gasteiger partial charge in [-0.05, 0) is 25.0 Å². The average molecular weight is 391 g/mol. The Balaban J connectivity index is 2.23. The minimum absolute atomic E-state index is 0.0599. The van der Waals surface area contributed by atoms with Crippen molar-refractivity contribution in [2.75, 3.05) is 13.2 Å². The Bertz CT molecular complexity index is 849. The number of halogens is 2. The van der Waals surface area contributed by atoms with Gasteiger partial charge in [-0.15, -0.1) is 0 Å². The molecule has 0 spiro atoms. The molecule has 6 nitrogen and oxygen atoms in total. The highest BCUT2D eigenvalue weighted by atomic mass is 35.5. The third-order valence-corrected chi connectivity index (χ3v) is 5.55. The third kappa shape index (κ3) is 2.26. The van der Waals surface area contributed by atoms with E-state index in [1.54, 1.807) is 0 Å². The van der Waals surface area contributed by atoms with Gasteiger partial charge >= 0.3 is 0 Å². The molecule has 1 heterocycles. The topological polar surface area (TPSA) is 104 Å². The second-order valence-corrected chi connectivity index (χ2v) is 7.09. The number of aliphatic imine (C=N–C) groups is 1. The Morgan fingerprint density at radius 1 is 1.22 bits per heavy atom. The maximum atomic E-state index is 14.7. The van der Waals surface area contributed by atoms with Gasteiger partial charge in [-0.3, -0.25) is 0 Å². The van der Waals surface area contributed by atoms with Gasteiger partial charge in [0, 0.05) is 16.5 Å². The number of hydrogen-bond donors (Lipinski definition) is 1. The average Bonchev–Trinajstić information content (AvgIpc) is 3.21. The van der Waals surface area contributed by atoms with E-state index in [0.29, 0.717) is 12.8 Å². The first-order chi connectivity index (χ1) is 12.9. The van der Waals surface area contributed by atoms with E-state index in [9.17, 15) is 14.9 Å². The lowest BCUT2D eigenvalue weighted by atomic mass is 9.93. The first kappa shape index (κ1) is 19.6. The predicted octanol–water partition coefficient (Wildman–Crippen LogP) is 3.47. The summed E-state index contributed by atoms with van der Waals surface area (Å²) in [6.45, 7) is 4.26. The summed E-state index contributed by atoms with van der Waals surface area (Å²) in [5, 5.41) is 20.3. The van der Waals surface area contributed by atoms with Crippen molar-refractivity contribution in [3.63, 3.8) is 0 Å². The van der Waals surface area contributed by atoms with Crippen LogP contribution in [-0.2, 0) is 9.47 Å². The van der Waals surface area contributed by atoms with E-state index in [1.807, 2.05) is 13.8 Å². The fraction of sp³-hybridized carbons (Fsp3) is 0.526. The second-order valence-electron chi connectivity index (χ2n) is 6.68. The molecule has 1 fully saturated rings. The van der Waals surface area contributed by atoms with E-state index in [1.165, 1.54) is 18.2 Å². The van der Waals surface area contributed by atoms with Crippen molar-refractivity contribution >= 4 is 17.4 Å². The maximum Gasteiger partial charge on any atom is 0.293 e. The van der Waals surface area contributed by atoms with E-state index in [4.69, 9.17) is 26.8 Å². The van der Waals surface area contributed by atoms with Crippen LogP contribution in [0.2, 0.25) is 5.02 Å². The molecule has 1 aliphatic heterocycles. The fourth-order valence-corrected chi connectivity index (χ4v) is 4.33. The number of nitriles is 2. The molecule has 1 aromatic carbocycles. The van der Waals surface area contributed by atoms with Crippen LogP contribution in [0.5, 0.6) is 0 Å². The molecule has 3 rings (SSSR count). The fourth-order valence-electron chi connectivity index (χ4n) is 4.06. The van der Waals surface area contributed by atoms with Gasteiger partial charge < -0.3 is 15.2 Å². The van der Waals surface area contributed by atoms with Crippen molar-refractivity contribution < 1.29 is 13.9 Å². The van der Waals surface area contributed by atoms with Crippen LogP contribution >= 0.6 is 11.6 Å². The maximum absolute atomic E-state index is 14.7. The van der Waals surface area contributed by atoms with Gasteiger partial charge in [0.15, 0.2) is 5.41 Å². The van der Waals surface area contributed by atoms with Crippen LogP contribution in [0.25, 0.3) is 0 Å². The molecule has 3 atom stereocenters. The molecule has 0 radical (unpaired) electrons. The van der Waals surface area contributed by atoms with Gasteiger partial charge in [0.2, 0.25) is 0 Å². The second kappa shape index (κ2) is 6.76. The summed E-state index contributed by atoms with van der Waals surface area (Å²) in [6.07, 6.45) is 1.28. The summed E-state index contributed by atoms with van der Waals surface area (Å²) in [5.41, 5.74) is 3.01. The lowest BCUT2D eigenvalue weighted by Crippen LogP contribution is -2.44. The van der Waals surface area contributed by atoms with E-state index in [-0.39, 0.29) is 29.6 Å². The summed E-state index contributed by atoms with van der Waals surface area (Å²) in [4.78, 5) is 4.29. The van der Waals surface area contributed by atoms with Gasteiger partial charge in [0.05, 0.1) is 25.4 Å². The Kier molecular flexibility index (Phi) is 4.90. The van der Waals surface area contributed by atoms with Gasteiger partial charge in [0.25, 0.3) is 5.91 Å². The van der Waals surface area contributed by atoms with Gasteiger partial charge in [0.1, 0.15) is 17.1 Å². The molecule has 1 saturated carbocycles. The van der Waals surface area contributed by atoms with Crippen LogP contribution in [0.4, 0.5) is 4.39 Å². The van der Waals surface area contributed by atoms with Crippen molar-refractivity contribution in [3.8, 4) is 12.1 Å². The Labute approximate surface area is 162 Å². The quantitative estimate of drug-likeness (QED) is 0.717. The van der Waals surface area contributed by atoms with Crippen LogP contribution in [0.15, 0.2) is 23.2 Å². The van der Waals surface area contributed by atoms with E-state index >= 15 is 0 Å². The smallest absolute Gasteiger partial charge is 0.293 e. The van der Waals surface area contributed by atoms with Crippen molar-refractivity contribution in [1.29, 1.82) is 10.5 Å². The van der Waals surface area contributed by atoms with Crippen LogP contribution in [0.1, 0.15) is 38.2 Å². The lowest BCUT2D eigenvalue weighted by molar-refractivity contribution is -0.259. The zero-order valence-corrected chi connectivity index (χ0v) is 15.9. The summed E-state index contributed by atoms with van der Waals surface area (Å²) in [7, 11) is 0. The molecule has 3 unspecified atom stereocenters. The van der Waals surface area contributed by atoms with Crippen LogP contribution in [-0.4, -0.2) is 25.0 Å². The number of benzene rings is 1. The Hall–Kier alpha value is -2.19. The summed E-state index contributed by atoms with van der Waals surface area (Å²) < 4.78 is 26.5. The predicted molar refractivity (Wildman–Crippen MR) is 97.1 cm³/mol. The molecule has 0 saturated heterocycles. The molecule has 27 heavy (non-hydrogen) atoms. The molecule has 2 aliphatic rings. The van der Waals surface area contributed by atoms with Crippen molar-refractivity contribution in [1.82, 2.24) is 0 Å². The molecule has 0 aromatic heterocycles. The van der Waals surface area contributed by atoms with Gasteiger partial charge in [-0.25, -0.2) is 9.38 Å². The zero-order chi connectivity index (χ0) is 19.9. The zero-order valence-electron chi connectivity index (χ0n) is 15.1. The number of nitrogens with two attached hydrogens (primary N) is 1. The number of fused-ring (bicyclic) bond motifs is 1. The lowest BCUT2D eigenvalue weighted by Gasteiger charge is -2.32. The molecule has 2 N–H and O–H groups in total. The molecular weight excluding hydrogens is 371 g/mol. The molecule has 0 amide bonds. The molecule has 142 valence electrons. The van der Waals surface area contributed by atoms with Crippen LogP contribution in [0.3, 0.4) is 0 Å². The number of nitrogens with zero attached hydrogens (tertiary/aromatic N) is 3. The van der Waals surface area contributed by atoms with Crippen molar-refractivity contribution in [2.24, 2.45) is 21.6 Å². The summed E-state index contributed by atoms with van der Waals surface area (Å²) in [5.74, 6) is -3.43. The summed E-state index contributed by atoms with van der Waals surface area (Å²) >= 11 is 6.24. The van der Waals surface area contributed by atoms with Crippen LogP contribution < -0.4 is 5.73 Å². The first-order valence-corrected chi connectivity index (χ1v) is 9.20. The SMILES string of the molecule is CCCOC1(OCCC)N=C(N)C2(C#N)C(c3c(F)cccc3Cl)C12C#N. The monoisotopic (exact) mass is 390 g/mol. The molecule has 0 bridgehead atoms. The Morgan fingerprint density at radius 3 is 2.33 bits per heavy atom.